The molecule has 0 radical (unpaired) electrons. The molecule has 2 rings (SSSR count). The number of pyridine rings is 1. The molecule has 0 bridgehead atoms. The molecule has 0 aromatic carbocycles. The number of aryl methyl sites for hydroxylation is 1. The van der Waals surface area contributed by atoms with E-state index in [0.29, 0.717) is 0 Å². The van der Waals surface area contributed by atoms with Gasteiger partial charge in [0.1, 0.15) is 0 Å². The van der Waals surface area contributed by atoms with Crippen LogP contribution in [0.25, 0.3) is 10.1 Å². The largest absolute Gasteiger partial charge is 0.263 e. The van der Waals surface area contributed by atoms with Crippen LogP contribution in [0.15, 0.2) is 17.8 Å². The van der Waals surface area contributed by atoms with E-state index >= 15 is 0 Å². The lowest BCUT2D eigenvalue weighted by Crippen LogP contribution is -1.75. The summed E-state index contributed by atoms with van der Waals surface area (Å²) in [5.41, 5.74) is 1.15. The van der Waals surface area contributed by atoms with Crippen LogP contribution in [0, 0.1) is 6.92 Å². The van der Waals surface area contributed by atoms with Crippen molar-refractivity contribution in [1.82, 2.24) is 4.98 Å². The Kier molecular flexibility index (Phi) is 7.35. The van der Waals surface area contributed by atoms with Crippen LogP contribution in [-0.2, 0) is 0 Å². The fourth-order valence-electron chi connectivity index (χ4n) is 1.11. The van der Waals surface area contributed by atoms with Gasteiger partial charge in [-0.3, -0.25) is 4.98 Å². The summed E-state index contributed by atoms with van der Waals surface area (Å²) < 4.78 is 1.16. The van der Waals surface area contributed by atoms with Crippen LogP contribution in [0.5, 0.6) is 0 Å². The maximum atomic E-state index is 5.96. The Hall–Kier alpha value is -0.600. The average molecular weight is 244 g/mol. The second kappa shape index (κ2) is 7.66. The summed E-state index contributed by atoms with van der Waals surface area (Å²) in [7, 11) is 0. The van der Waals surface area contributed by atoms with Gasteiger partial charge in [-0.1, -0.05) is 39.3 Å². The number of hydrogen-bond donors (Lipinski definition) is 0. The van der Waals surface area contributed by atoms with Crippen molar-refractivity contribution in [3.05, 3.63) is 28.4 Å². The average Bonchev–Trinajstić information content (AvgIpc) is 2.68. The molecule has 0 saturated carbocycles. The van der Waals surface area contributed by atoms with E-state index in [-0.39, 0.29) is 0 Å². The summed E-state index contributed by atoms with van der Waals surface area (Å²) in [5, 5.41) is 3.93. The fraction of sp³-hybridized carbons (Fsp3) is 0.417. The van der Waals surface area contributed by atoms with Gasteiger partial charge in [0.2, 0.25) is 0 Å². The number of nitrogens with zero attached hydrogens (tertiary/aromatic N) is 1. The first-order valence-corrected chi connectivity index (χ1v) is 6.52. The topological polar surface area (TPSA) is 12.9 Å². The molecule has 0 amide bonds. The summed E-state index contributed by atoms with van der Waals surface area (Å²) in [6.07, 6.45) is 3.68. The Labute approximate surface area is 101 Å². The molecule has 1 nitrogen and oxygen atoms in total. The van der Waals surface area contributed by atoms with E-state index < -0.39 is 0 Å². The first-order chi connectivity index (χ1) is 7.29. The summed E-state index contributed by atoms with van der Waals surface area (Å²) in [6.45, 7) is 10.0. The predicted molar refractivity (Wildman–Crippen MR) is 72.1 cm³/mol. The summed E-state index contributed by atoms with van der Waals surface area (Å²) in [5.74, 6) is 0. The molecule has 0 aliphatic heterocycles. The molecule has 2 aromatic heterocycles. The van der Waals surface area contributed by atoms with Crippen molar-refractivity contribution in [2.24, 2.45) is 0 Å². The number of hydrogen-bond acceptors (Lipinski definition) is 2. The first kappa shape index (κ1) is 14.4. The molecule has 2 heterocycles. The Morgan fingerprint density at radius 2 is 1.73 bits per heavy atom. The van der Waals surface area contributed by atoms with Crippen LogP contribution in [-0.4, -0.2) is 4.98 Å². The molecule has 0 fully saturated rings. The van der Waals surface area contributed by atoms with Gasteiger partial charge in [-0.25, -0.2) is 0 Å². The van der Waals surface area contributed by atoms with Gasteiger partial charge in [0.15, 0.2) is 0 Å². The van der Waals surface area contributed by atoms with E-state index in [1.807, 2.05) is 52.4 Å². The quantitative estimate of drug-likeness (QED) is 0.611. The van der Waals surface area contributed by atoms with E-state index in [1.165, 1.54) is 0 Å². The summed E-state index contributed by atoms with van der Waals surface area (Å²) in [4.78, 5) is 4.08. The van der Waals surface area contributed by atoms with Gasteiger partial charge in [-0.15, -0.1) is 11.3 Å². The zero-order valence-corrected chi connectivity index (χ0v) is 11.5. The van der Waals surface area contributed by atoms with E-state index in [1.54, 1.807) is 11.3 Å². The highest BCUT2D eigenvalue weighted by molar-refractivity contribution is 7.17. The molecule has 0 N–H and O–H groups in total. The van der Waals surface area contributed by atoms with Crippen molar-refractivity contribution in [3.8, 4) is 0 Å². The van der Waals surface area contributed by atoms with Crippen molar-refractivity contribution < 1.29 is 0 Å². The molecule has 0 spiro atoms. The zero-order valence-electron chi connectivity index (χ0n) is 9.97. The second-order valence-electron chi connectivity index (χ2n) is 2.41. The van der Waals surface area contributed by atoms with Gasteiger partial charge >= 0.3 is 0 Å². The standard InChI is InChI=1S/C8H6ClNS.2C2H6/c1-5-2-10-3-7-8(5)6(9)4-11-7;2*1-2/h2-4H,1H3;2*1-2H3. The molecule has 0 atom stereocenters. The molecule has 0 saturated heterocycles. The lowest BCUT2D eigenvalue weighted by Gasteiger charge is -1.93. The highest BCUT2D eigenvalue weighted by atomic mass is 35.5. The third-order valence-corrected chi connectivity index (χ3v) is 2.97. The van der Waals surface area contributed by atoms with Gasteiger partial charge in [0.25, 0.3) is 0 Å². The van der Waals surface area contributed by atoms with Crippen LogP contribution >= 0.6 is 22.9 Å². The maximum absolute atomic E-state index is 5.96. The van der Waals surface area contributed by atoms with Gasteiger partial charge in [-0.05, 0) is 12.5 Å². The minimum atomic E-state index is 0.838. The normalized spacial score (nSPS) is 8.67. The summed E-state index contributed by atoms with van der Waals surface area (Å²) >= 11 is 7.59. The minimum absolute atomic E-state index is 0.838. The third kappa shape index (κ3) is 3.47. The molecule has 0 unspecified atom stereocenters. The molecular weight excluding hydrogens is 226 g/mol. The Bertz CT molecular complexity index is 395. The number of rotatable bonds is 0. The van der Waals surface area contributed by atoms with E-state index in [2.05, 4.69) is 4.98 Å². The molecule has 15 heavy (non-hydrogen) atoms. The smallest absolute Gasteiger partial charge is 0.0595 e. The van der Waals surface area contributed by atoms with Crippen molar-refractivity contribution in [2.75, 3.05) is 0 Å². The van der Waals surface area contributed by atoms with Crippen LogP contribution in [0.1, 0.15) is 33.3 Å². The van der Waals surface area contributed by atoms with E-state index in [0.717, 1.165) is 20.7 Å². The minimum Gasteiger partial charge on any atom is -0.263 e. The Morgan fingerprint density at radius 1 is 1.13 bits per heavy atom. The van der Waals surface area contributed by atoms with Gasteiger partial charge in [-0.2, -0.15) is 0 Å². The SMILES string of the molecule is CC.CC.Cc1cncc2scc(Cl)c12. The van der Waals surface area contributed by atoms with E-state index in [4.69, 9.17) is 11.6 Å². The lowest BCUT2D eigenvalue weighted by molar-refractivity contribution is 1.32. The number of aromatic nitrogens is 1. The molecule has 3 heteroatoms. The van der Waals surface area contributed by atoms with Crippen LogP contribution < -0.4 is 0 Å². The summed E-state index contributed by atoms with van der Waals surface area (Å²) in [6, 6.07) is 0. The molecule has 84 valence electrons. The van der Waals surface area contributed by atoms with E-state index in [9.17, 15) is 0 Å². The van der Waals surface area contributed by atoms with Crippen molar-refractivity contribution in [2.45, 2.75) is 34.6 Å². The maximum Gasteiger partial charge on any atom is 0.0595 e. The number of thiophene rings is 1. The van der Waals surface area contributed by atoms with Crippen LogP contribution in [0.3, 0.4) is 0 Å². The molecule has 0 aliphatic rings. The molecular formula is C12H18ClNS. The second-order valence-corrected chi connectivity index (χ2v) is 3.73. The molecule has 2 aromatic rings. The predicted octanol–water partition coefficient (Wildman–Crippen LogP) is 5.31. The van der Waals surface area contributed by atoms with Crippen LogP contribution in [0.4, 0.5) is 0 Å². The number of fused-ring (bicyclic) bond motifs is 1. The van der Waals surface area contributed by atoms with Gasteiger partial charge in [0, 0.05) is 23.2 Å². The lowest BCUT2D eigenvalue weighted by atomic mass is 10.2. The number of halogens is 1. The third-order valence-electron chi connectivity index (χ3n) is 1.63. The molecule has 0 aliphatic carbocycles. The van der Waals surface area contributed by atoms with Crippen molar-refractivity contribution >= 4 is 33.0 Å². The van der Waals surface area contributed by atoms with Gasteiger partial charge in [0.05, 0.1) is 9.72 Å². The Balaban J connectivity index is 0.000000442. The van der Waals surface area contributed by atoms with Gasteiger partial charge < -0.3 is 0 Å². The fourth-order valence-corrected chi connectivity index (χ4v) is 2.41. The van der Waals surface area contributed by atoms with Crippen LogP contribution in [0.2, 0.25) is 5.02 Å². The Morgan fingerprint density at radius 3 is 2.27 bits per heavy atom. The monoisotopic (exact) mass is 243 g/mol. The highest BCUT2D eigenvalue weighted by Gasteiger charge is 2.03. The van der Waals surface area contributed by atoms with Crippen molar-refractivity contribution in [1.29, 1.82) is 0 Å². The zero-order chi connectivity index (χ0) is 11.8. The first-order valence-electron chi connectivity index (χ1n) is 5.26. The highest BCUT2D eigenvalue weighted by Crippen LogP contribution is 2.31. The van der Waals surface area contributed by atoms with Crippen molar-refractivity contribution in [3.63, 3.8) is 0 Å².